The Morgan fingerprint density at radius 1 is 1.55 bits per heavy atom. The first-order valence-electron chi connectivity index (χ1n) is 5.55. The Morgan fingerprint density at radius 3 is 2.85 bits per heavy atom. The van der Waals surface area contributed by atoms with Crippen LogP contribution in [0.4, 0.5) is 5.69 Å². The van der Waals surface area contributed by atoms with Gasteiger partial charge in [0.25, 0.3) is 5.69 Å². The van der Waals surface area contributed by atoms with Crippen molar-refractivity contribution in [1.82, 2.24) is 9.55 Å². The second-order valence-corrected chi connectivity index (χ2v) is 4.33. The van der Waals surface area contributed by atoms with E-state index in [0.29, 0.717) is 17.3 Å². The number of aldehydes is 1. The highest BCUT2D eigenvalue weighted by molar-refractivity contribution is 6.29. The number of carbonyl (C=O) groups is 1. The molecule has 0 amide bonds. The predicted molar refractivity (Wildman–Crippen MR) is 71.0 cm³/mol. The summed E-state index contributed by atoms with van der Waals surface area (Å²) in [5.74, 6) is 0.829. The third-order valence-corrected chi connectivity index (χ3v) is 3.07. The van der Waals surface area contributed by atoms with Crippen LogP contribution in [0.15, 0.2) is 24.4 Å². The van der Waals surface area contributed by atoms with Gasteiger partial charge >= 0.3 is 0 Å². The van der Waals surface area contributed by atoms with Crippen LogP contribution in [0.3, 0.4) is 0 Å². The molecule has 1 aromatic carbocycles. The van der Waals surface area contributed by atoms with Crippen molar-refractivity contribution in [1.29, 1.82) is 0 Å². The summed E-state index contributed by atoms with van der Waals surface area (Å²) in [7, 11) is 1.73. The number of hydrogen-bond donors (Lipinski definition) is 0. The highest BCUT2D eigenvalue weighted by Crippen LogP contribution is 2.23. The van der Waals surface area contributed by atoms with Gasteiger partial charge in [-0.15, -0.1) is 0 Å². The molecule has 7 nitrogen and oxygen atoms in total. The molecule has 2 rings (SSSR count). The zero-order chi connectivity index (χ0) is 14.7. The fraction of sp³-hybridized carbons (Fsp3) is 0.167. The molecular weight excluding hydrogens is 286 g/mol. The number of aromatic nitrogens is 2. The van der Waals surface area contributed by atoms with Gasteiger partial charge in [0.1, 0.15) is 23.3 Å². The number of nitrogens with zero attached hydrogens (tertiary/aromatic N) is 3. The fourth-order valence-electron chi connectivity index (χ4n) is 1.57. The number of non-ortho nitro benzene ring substituents is 1. The van der Waals surface area contributed by atoms with Gasteiger partial charge in [-0.25, -0.2) is 4.98 Å². The van der Waals surface area contributed by atoms with Crippen LogP contribution in [0.1, 0.15) is 16.2 Å². The molecule has 0 aliphatic rings. The molecule has 8 heteroatoms. The second-order valence-electron chi connectivity index (χ2n) is 3.94. The van der Waals surface area contributed by atoms with Crippen molar-refractivity contribution >= 4 is 23.6 Å². The molecule has 0 fully saturated rings. The lowest BCUT2D eigenvalue weighted by atomic mass is 10.2. The monoisotopic (exact) mass is 295 g/mol. The first kappa shape index (κ1) is 14.0. The Kier molecular flexibility index (Phi) is 3.99. The third-order valence-electron chi connectivity index (χ3n) is 2.72. The van der Waals surface area contributed by atoms with E-state index < -0.39 is 4.92 Å². The zero-order valence-corrected chi connectivity index (χ0v) is 11.2. The maximum absolute atomic E-state index is 10.9. The lowest BCUT2D eigenvalue weighted by molar-refractivity contribution is -0.384. The number of hydrogen-bond acceptors (Lipinski definition) is 5. The van der Waals surface area contributed by atoms with Crippen LogP contribution >= 0.6 is 11.6 Å². The van der Waals surface area contributed by atoms with Gasteiger partial charge in [-0.1, -0.05) is 11.6 Å². The van der Waals surface area contributed by atoms with Gasteiger partial charge < -0.3 is 9.30 Å². The number of benzene rings is 1. The summed E-state index contributed by atoms with van der Waals surface area (Å²) in [5, 5.41) is 11.1. The normalized spacial score (nSPS) is 10.3. The van der Waals surface area contributed by atoms with Crippen LogP contribution in [-0.2, 0) is 13.7 Å². The topological polar surface area (TPSA) is 87.3 Å². The molecule has 0 aliphatic carbocycles. The summed E-state index contributed by atoms with van der Waals surface area (Å²) in [6.45, 7) is 0.0991. The van der Waals surface area contributed by atoms with E-state index in [2.05, 4.69) is 4.98 Å². The molecule has 104 valence electrons. The van der Waals surface area contributed by atoms with Crippen molar-refractivity contribution in [2.24, 2.45) is 7.05 Å². The fourth-order valence-corrected chi connectivity index (χ4v) is 1.72. The van der Waals surface area contributed by atoms with Crippen molar-refractivity contribution in [3.63, 3.8) is 0 Å². The second kappa shape index (κ2) is 5.70. The number of nitro benzene ring substituents is 1. The molecule has 0 N–H and O–H groups in total. The van der Waals surface area contributed by atoms with E-state index in [1.165, 1.54) is 18.3 Å². The number of nitro groups is 1. The van der Waals surface area contributed by atoms with Crippen LogP contribution in [0.5, 0.6) is 5.75 Å². The number of halogens is 1. The predicted octanol–water partition coefficient (Wildman–Crippen LogP) is 2.37. The molecule has 0 aliphatic heterocycles. The largest absolute Gasteiger partial charge is 0.485 e. The molecule has 1 aromatic heterocycles. The quantitative estimate of drug-likeness (QED) is 0.480. The lowest BCUT2D eigenvalue weighted by Gasteiger charge is -2.08. The highest BCUT2D eigenvalue weighted by Gasteiger charge is 2.12. The van der Waals surface area contributed by atoms with E-state index in [-0.39, 0.29) is 23.6 Å². The summed E-state index contributed by atoms with van der Waals surface area (Å²) in [6.07, 6.45) is 1.99. The number of carbonyl (C=O) groups excluding carboxylic acids is 1. The molecular formula is C12H10ClN3O4. The van der Waals surface area contributed by atoms with E-state index >= 15 is 0 Å². The summed E-state index contributed by atoms with van der Waals surface area (Å²) in [4.78, 5) is 25.0. The smallest absolute Gasteiger partial charge is 0.270 e. The van der Waals surface area contributed by atoms with E-state index in [1.807, 2.05) is 0 Å². The van der Waals surface area contributed by atoms with Gasteiger partial charge in [-0.2, -0.15) is 0 Å². The molecule has 0 spiro atoms. The Labute approximate surface area is 118 Å². The number of rotatable bonds is 5. The minimum absolute atomic E-state index is 0.0991. The molecule has 0 saturated carbocycles. The van der Waals surface area contributed by atoms with Gasteiger partial charge in [0, 0.05) is 19.2 Å². The summed E-state index contributed by atoms with van der Waals surface area (Å²) >= 11 is 5.84. The van der Waals surface area contributed by atoms with E-state index in [4.69, 9.17) is 16.3 Å². The number of ether oxygens (including phenoxy) is 1. The lowest BCUT2D eigenvalue weighted by Crippen LogP contribution is -2.05. The van der Waals surface area contributed by atoms with Gasteiger partial charge in [0.2, 0.25) is 0 Å². The van der Waals surface area contributed by atoms with E-state index in [0.717, 1.165) is 6.07 Å². The van der Waals surface area contributed by atoms with Crippen LogP contribution in [0.25, 0.3) is 0 Å². The molecule has 2 aromatic rings. The minimum Gasteiger partial charge on any atom is -0.485 e. The number of imidazole rings is 1. The Morgan fingerprint density at radius 2 is 2.30 bits per heavy atom. The Hall–Kier alpha value is -2.41. The van der Waals surface area contributed by atoms with Crippen molar-refractivity contribution in [3.05, 3.63) is 51.1 Å². The molecule has 1 heterocycles. The average Bonchev–Trinajstić information content (AvgIpc) is 2.76. The molecule has 0 saturated heterocycles. The maximum Gasteiger partial charge on any atom is 0.270 e. The van der Waals surface area contributed by atoms with Crippen molar-refractivity contribution in [2.75, 3.05) is 0 Å². The Bertz CT molecular complexity index is 669. The maximum atomic E-state index is 10.9. The van der Waals surface area contributed by atoms with Crippen LogP contribution in [0, 0.1) is 10.1 Å². The molecule has 0 bridgehead atoms. The SMILES string of the molecule is Cn1c(Cl)cnc1COc1ccc([N+](=O)[O-])cc1C=O. The summed E-state index contributed by atoms with van der Waals surface area (Å²) in [6, 6.07) is 3.81. The first-order valence-corrected chi connectivity index (χ1v) is 5.93. The molecule has 20 heavy (non-hydrogen) atoms. The van der Waals surface area contributed by atoms with Crippen molar-refractivity contribution < 1.29 is 14.5 Å². The van der Waals surface area contributed by atoms with Crippen molar-refractivity contribution in [3.8, 4) is 5.75 Å². The van der Waals surface area contributed by atoms with Crippen LogP contribution < -0.4 is 4.74 Å². The van der Waals surface area contributed by atoms with Gasteiger partial charge in [-0.3, -0.25) is 14.9 Å². The molecule has 0 unspecified atom stereocenters. The van der Waals surface area contributed by atoms with E-state index in [1.54, 1.807) is 11.6 Å². The van der Waals surface area contributed by atoms with Gasteiger partial charge in [0.15, 0.2) is 6.29 Å². The molecule has 0 atom stereocenters. The van der Waals surface area contributed by atoms with Gasteiger partial charge in [-0.05, 0) is 6.07 Å². The van der Waals surface area contributed by atoms with Crippen molar-refractivity contribution in [2.45, 2.75) is 6.61 Å². The highest BCUT2D eigenvalue weighted by atomic mass is 35.5. The average molecular weight is 296 g/mol. The van der Waals surface area contributed by atoms with E-state index in [9.17, 15) is 14.9 Å². The zero-order valence-electron chi connectivity index (χ0n) is 10.4. The molecule has 0 radical (unpaired) electrons. The van der Waals surface area contributed by atoms with Crippen LogP contribution in [-0.4, -0.2) is 20.8 Å². The van der Waals surface area contributed by atoms with Gasteiger partial charge in [0.05, 0.1) is 16.7 Å². The Balaban J connectivity index is 2.19. The standard InChI is InChI=1S/C12H10ClN3O4/c1-15-11(13)5-14-12(15)7-20-10-3-2-9(16(18)19)4-8(10)6-17/h2-6H,7H2,1H3. The summed E-state index contributed by atoms with van der Waals surface area (Å²) < 4.78 is 7.08. The summed E-state index contributed by atoms with van der Waals surface area (Å²) in [5.41, 5.74) is -0.0565. The first-order chi connectivity index (χ1) is 9.52. The third kappa shape index (κ3) is 2.77. The minimum atomic E-state index is -0.574. The van der Waals surface area contributed by atoms with Crippen LogP contribution in [0.2, 0.25) is 5.15 Å².